The van der Waals surface area contributed by atoms with E-state index in [-0.39, 0.29) is 5.91 Å². The first kappa shape index (κ1) is 22.1. The third kappa shape index (κ3) is 6.45. The molecule has 2 fully saturated rings. The van der Waals surface area contributed by atoms with Gasteiger partial charge in [0, 0.05) is 25.4 Å². The van der Waals surface area contributed by atoms with Gasteiger partial charge in [0.05, 0.1) is 6.61 Å². The van der Waals surface area contributed by atoms with Crippen molar-refractivity contribution < 1.29 is 14.3 Å². The smallest absolute Gasteiger partial charge is 0.256 e. The monoisotopic (exact) mass is 402 g/mol. The number of hydrogen-bond donors (Lipinski definition) is 1. The Labute approximate surface area is 176 Å². The number of benzene rings is 1. The maximum absolute atomic E-state index is 12.9. The summed E-state index contributed by atoms with van der Waals surface area (Å²) in [6, 6.07) is 7.71. The highest BCUT2D eigenvalue weighted by atomic mass is 16.5. The second-order valence-corrected chi connectivity index (χ2v) is 8.72. The number of rotatable bonds is 9. The molecule has 0 radical (unpaired) electrons. The molecular formula is C24H38N2O3. The molecule has 3 rings (SSSR count). The molecule has 1 saturated carbocycles. The number of carbonyl (C=O) groups is 1. The van der Waals surface area contributed by atoms with Gasteiger partial charge in [-0.1, -0.05) is 26.2 Å². The summed E-state index contributed by atoms with van der Waals surface area (Å²) >= 11 is 0. The Balaban J connectivity index is 1.42. The maximum Gasteiger partial charge on any atom is 0.256 e. The number of piperidine rings is 1. The molecule has 0 unspecified atom stereocenters. The fourth-order valence-electron chi connectivity index (χ4n) is 4.68. The van der Waals surface area contributed by atoms with Gasteiger partial charge < -0.3 is 19.7 Å². The van der Waals surface area contributed by atoms with Crippen LogP contribution in [-0.4, -0.2) is 49.3 Å². The van der Waals surface area contributed by atoms with Crippen molar-refractivity contribution in [3.05, 3.63) is 24.3 Å². The van der Waals surface area contributed by atoms with Crippen molar-refractivity contribution in [1.82, 2.24) is 4.90 Å². The molecule has 29 heavy (non-hydrogen) atoms. The number of carbonyl (C=O) groups excluding carboxylic acids is 1. The first-order chi connectivity index (χ1) is 14.1. The molecule has 0 aromatic heterocycles. The van der Waals surface area contributed by atoms with E-state index in [0.29, 0.717) is 6.61 Å². The molecule has 1 N–H and O–H groups in total. The minimum absolute atomic E-state index is 0.0107. The summed E-state index contributed by atoms with van der Waals surface area (Å²) in [5.41, 5.74) is 0.142. The molecule has 1 aromatic carbocycles. The average molecular weight is 403 g/mol. The van der Waals surface area contributed by atoms with Crippen molar-refractivity contribution in [2.75, 3.05) is 38.2 Å². The number of ether oxygens (including phenoxy) is 2. The van der Waals surface area contributed by atoms with E-state index in [2.05, 4.69) is 17.1 Å². The molecule has 1 aromatic rings. The Hall–Kier alpha value is -1.59. The Morgan fingerprint density at radius 3 is 2.62 bits per heavy atom. The summed E-state index contributed by atoms with van der Waals surface area (Å²) in [5.74, 6) is 1.67. The van der Waals surface area contributed by atoms with Crippen molar-refractivity contribution in [2.45, 2.75) is 70.8 Å². The van der Waals surface area contributed by atoms with Crippen molar-refractivity contribution >= 4 is 11.6 Å². The SMILES string of the molecule is CCOC1(C(=O)Nc2ccc(OCCCN3CCC[C@H](C)C3)cc2)CCCCC1. The molecule has 1 aliphatic carbocycles. The normalized spacial score (nSPS) is 22.2. The molecule has 1 aliphatic heterocycles. The van der Waals surface area contributed by atoms with Crippen LogP contribution >= 0.6 is 0 Å². The van der Waals surface area contributed by atoms with Gasteiger partial charge in [-0.25, -0.2) is 0 Å². The van der Waals surface area contributed by atoms with Gasteiger partial charge in [0.25, 0.3) is 5.91 Å². The van der Waals surface area contributed by atoms with Crippen LogP contribution in [0.25, 0.3) is 0 Å². The fraction of sp³-hybridized carbons (Fsp3) is 0.708. The molecular weight excluding hydrogens is 364 g/mol. The second kappa shape index (κ2) is 11.0. The Bertz CT molecular complexity index is 620. The molecule has 1 amide bonds. The molecule has 1 atom stereocenters. The molecule has 0 spiro atoms. The summed E-state index contributed by atoms with van der Waals surface area (Å²) in [7, 11) is 0. The lowest BCUT2D eigenvalue weighted by Crippen LogP contribution is -2.47. The fourth-order valence-corrected chi connectivity index (χ4v) is 4.68. The van der Waals surface area contributed by atoms with Crippen LogP contribution in [0.3, 0.4) is 0 Å². The maximum atomic E-state index is 12.9. The molecule has 2 aliphatic rings. The summed E-state index contributed by atoms with van der Waals surface area (Å²) in [6.07, 6.45) is 8.63. The zero-order chi connectivity index (χ0) is 20.5. The molecule has 0 bridgehead atoms. The summed E-state index contributed by atoms with van der Waals surface area (Å²) < 4.78 is 11.8. The van der Waals surface area contributed by atoms with E-state index in [1.54, 1.807) is 0 Å². The number of amides is 1. The zero-order valence-electron chi connectivity index (χ0n) is 18.3. The molecule has 162 valence electrons. The third-order valence-corrected chi connectivity index (χ3v) is 6.24. The van der Waals surface area contributed by atoms with Gasteiger partial charge in [0.1, 0.15) is 11.4 Å². The summed E-state index contributed by atoms with van der Waals surface area (Å²) in [6.45, 7) is 9.15. The quantitative estimate of drug-likeness (QED) is 0.599. The van der Waals surface area contributed by atoms with Crippen LogP contribution in [0, 0.1) is 5.92 Å². The van der Waals surface area contributed by atoms with Crippen LogP contribution < -0.4 is 10.1 Å². The molecule has 5 nitrogen and oxygen atoms in total. The lowest BCUT2D eigenvalue weighted by atomic mass is 9.83. The van der Waals surface area contributed by atoms with Gasteiger partial charge in [0.2, 0.25) is 0 Å². The highest BCUT2D eigenvalue weighted by Gasteiger charge is 2.40. The standard InChI is InChI=1S/C24H38N2O3/c1-3-29-24(14-5-4-6-15-24)23(27)25-21-10-12-22(13-11-21)28-18-8-17-26-16-7-9-20(2)19-26/h10-13,20H,3-9,14-19H2,1-2H3,(H,25,27)/t20-/m0/s1. The molecule has 1 saturated heterocycles. The van der Waals surface area contributed by atoms with E-state index in [4.69, 9.17) is 9.47 Å². The van der Waals surface area contributed by atoms with Crippen molar-refractivity contribution in [3.8, 4) is 5.75 Å². The third-order valence-electron chi connectivity index (χ3n) is 6.24. The van der Waals surface area contributed by atoms with E-state index in [1.165, 1.54) is 32.4 Å². The lowest BCUT2D eigenvalue weighted by Gasteiger charge is -2.35. The largest absolute Gasteiger partial charge is 0.494 e. The minimum atomic E-state index is -0.659. The van der Waals surface area contributed by atoms with Gasteiger partial charge in [-0.05, 0) is 75.8 Å². The lowest BCUT2D eigenvalue weighted by molar-refractivity contribution is -0.145. The van der Waals surface area contributed by atoms with Crippen molar-refractivity contribution in [1.29, 1.82) is 0 Å². The van der Waals surface area contributed by atoms with E-state index < -0.39 is 5.60 Å². The highest BCUT2D eigenvalue weighted by Crippen LogP contribution is 2.33. The molecule has 5 heteroatoms. The Kier molecular flexibility index (Phi) is 8.37. The number of nitrogens with one attached hydrogen (secondary N) is 1. The van der Waals surface area contributed by atoms with E-state index >= 15 is 0 Å². The summed E-state index contributed by atoms with van der Waals surface area (Å²) in [4.78, 5) is 15.4. The van der Waals surface area contributed by atoms with Gasteiger partial charge in [-0.3, -0.25) is 4.79 Å². The van der Waals surface area contributed by atoms with E-state index in [1.807, 2.05) is 31.2 Å². The van der Waals surface area contributed by atoms with E-state index in [0.717, 1.165) is 62.6 Å². The predicted molar refractivity (Wildman–Crippen MR) is 117 cm³/mol. The van der Waals surface area contributed by atoms with Crippen LogP contribution in [0.15, 0.2) is 24.3 Å². The van der Waals surface area contributed by atoms with Crippen LogP contribution in [-0.2, 0) is 9.53 Å². The van der Waals surface area contributed by atoms with Gasteiger partial charge in [-0.2, -0.15) is 0 Å². The zero-order valence-corrected chi connectivity index (χ0v) is 18.3. The first-order valence-corrected chi connectivity index (χ1v) is 11.5. The van der Waals surface area contributed by atoms with Crippen LogP contribution in [0.1, 0.15) is 65.2 Å². The predicted octanol–water partition coefficient (Wildman–Crippen LogP) is 4.87. The van der Waals surface area contributed by atoms with Crippen molar-refractivity contribution in [2.24, 2.45) is 5.92 Å². The first-order valence-electron chi connectivity index (χ1n) is 11.5. The van der Waals surface area contributed by atoms with Crippen LogP contribution in [0.4, 0.5) is 5.69 Å². The topological polar surface area (TPSA) is 50.8 Å². The Morgan fingerprint density at radius 1 is 1.17 bits per heavy atom. The number of nitrogens with zero attached hydrogens (tertiary/aromatic N) is 1. The van der Waals surface area contributed by atoms with E-state index in [9.17, 15) is 4.79 Å². The average Bonchev–Trinajstić information content (AvgIpc) is 2.73. The number of likely N-dealkylation sites (tertiary alicyclic amines) is 1. The second-order valence-electron chi connectivity index (χ2n) is 8.72. The number of anilines is 1. The van der Waals surface area contributed by atoms with Crippen LogP contribution in [0.5, 0.6) is 5.75 Å². The summed E-state index contributed by atoms with van der Waals surface area (Å²) in [5, 5.41) is 3.05. The Morgan fingerprint density at radius 2 is 1.93 bits per heavy atom. The van der Waals surface area contributed by atoms with Crippen molar-refractivity contribution in [3.63, 3.8) is 0 Å². The van der Waals surface area contributed by atoms with Crippen LogP contribution in [0.2, 0.25) is 0 Å². The van der Waals surface area contributed by atoms with Gasteiger partial charge in [0.15, 0.2) is 0 Å². The number of hydrogen-bond acceptors (Lipinski definition) is 4. The minimum Gasteiger partial charge on any atom is -0.494 e. The van der Waals surface area contributed by atoms with Gasteiger partial charge in [-0.15, -0.1) is 0 Å². The van der Waals surface area contributed by atoms with Gasteiger partial charge >= 0.3 is 0 Å². The highest BCUT2D eigenvalue weighted by molar-refractivity contribution is 5.97. The molecule has 1 heterocycles.